The van der Waals surface area contributed by atoms with Gasteiger partial charge in [0, 0.05) is 44.2 Å². The first-order valence-corrected chi connectivity index (χ1v) is 8.57. The number of nitrogens with two attached hydrogens (primary N) is 1. The molecule has 1 aliphatic heterocycles. The Morgan fingerprint density at radius 2 is 2.19 bits per heavy atom. The van der Waals surface area contributed by atoms with Crippen molar-refractivity contribution in [2.45, 2.75) is 13.3 Å². The average molecular weight is 355 g/mol. The number of carboxylic acid groups (broad SMARTS) is 1. The Labute approximate surface area is 151 Å². The summed E-state index contributed by atoms with van der Waals surface area (Å²) in [6.45, 7) is 3.96. The summed E-state index contributed by atoms with van der Waals surface area (Å²) in [6, 6.07) is 3.88. The fraction of sp³-hybridized carbons (Fsp3) is 0.333. The lowest BCUT2D eigenvalue weighted by Gasteiger charge is -2.29. The van der Waals surface area contributed by atoms with Crippen molar-refractivity contribution in [3.63, 3.8) is 0 Å². The zero-order chi connectivity index (χ0) is 18.7. The van der Waals surface area contributed by atoms with Crippen molar-refractivity contribution in [2.75, 3.05) is 24.5 Å². The summed E-state index contributed by atoms with van der Waals surface area (Å²) in [5.41, 5.74) is 2.12. The van der Waals surface area contributed by atoms with Gasteiger partial charge in [-0.15, -0.1) is 0 Å². The second kappa shape index (κ2) is 7.49. The van der Waals surface area contributed by atoms with Crippen molar-refractivity contribution < 1.29 is 15.2 Å². The van der Waals surface area contributed by atoms with Gasteiger partial charge in [0.25, 0.3) is 0 Å². The third-order valence-electron chi connectivity index (χ3n) is 4.51. The molecule has 136 valence electrons. The molecule has 0 aromatic carbocycles. The van der Waals surface area contributed by atoms with Gasteiger partial charge >= 0.3 is 5.97 Å². The topological polar surface area (TPSA) is 112 Å². The van der Waals surface area contributed by atoms with Crippen molar-refractivity contribution in [3.8, 4) is 11.4 Å². The van der Waals surface area contributed by atoms with E-state index in [0.717, 1.165) is 36.0 Å². The minimum Gasteiger partial charge on any atom is -0.477 e. The Balaban J connectivity index is 1.83. The summed E-state index contributed by atoms with van der Waals surface area (Å²) in [6.07, 6.45) is 6.11. The SMILES string of the molecule is CC[NH2+]C1=C(C(=N)C(=O)O)CN(c2ccc(-c3nccn3C)cn2)CC1. The summed E-state index contributed by atoms with van der Waals surface area (Å²) < 4.78 is 1.93. The van der Waals surface area contributed by atoms with Crippen LogP contribution in [0.4, 0.5) is 5.82 Å². The Hall–Kier alpha value is -3.00. The molecule has 0 saturated carbocycles. The van der Waals surface area contributed by atoms with Crippen LogP contribution in [0.5, 0.6) is 0 Å². The molecule has 0 unspecified atom stereocenters. The summed E-state index contributed by atoms with van der Waals surface area (Å²) in [5.74, 6) is 0.423. The molecule has 8 nitrogen and oxygen atoms in total. The van der Waals surface area contributed by atoms with E-state index in [2.05, 4.69) is 9.97 Å². The van der Waals surface area contributed by atoms with E-state index in [4.69, 9.17) is 5.41 Å². The van der Waals surface area contributed by atoms with Crippen molar-refractivity contribution in [1.29, 1.82) is 5.41 Å². The molecule has 3 rings (SSSR count). The number of hydrogen-bond donors (Lipinski definition) is 3. The van der Waals surface area contributed by atoms with Crippen LogP contribution in [0.3, 0.4) is 0 Å². The molecule has 0 bridgehead atoms. The van der Waals surface area contributed by atoms with Gasteiger partial charge in [-0.3, -0.25) is 5.41 Å². The van der Waals surface area contributed by atoms with Gasteiger partial charge in [-0.05, 0) is 19.1 Å². The zero-order valence-electron chi connectivity index (χ0n) is 14.9. The molecule has 0 atom stereocenters. The Morgan fingerprint density at radius 3 is 2.77 bits per heavy atom. The van der Waals surface area contributed by atoms with Crippen molar-refractivity contribution in [1.82, 2.24) is 14.5 Å². The molecule has 26 heavy (non-hydrogen) atoms. The second-order valence-electron chi connectivity index (χ2n) is 6.23. The lowest BCUT2D eigenvalue weighted by molar-refractivity contribution is -0.605. The maximum Gasteiger partial charge on any atom is 0.354 e. The van der Waals surface area contributed by atoms with E-state index in [-0.39, 0.29) is 5.71 Å². The molecule has 0 aliphatic carbocycles. The van der Waals surface area contributed by atoms with E-state index in [1.165, 1.54) is 0 Å². The quantitative estimate of drug-likeness (QED) is 0.658. The molecule has 0 radical (unpaired) electrons. The van der Waals surface area contributed by atoms with E-state index in [1.54, 1.807) is 12.4 Å². The standard InChI is InChI=1S/C18H22N6O2/c1-3-20-14-6-8-24(11-13(14)16(19)18(25)26)15-5-4-12(10-22-15)17-21-7-9-23(17)2/h4-5,7,9-10,19-20H,3,6,8,11H2,1-2H3,(H,25,26)/p+1. The molecule has 4 N–H and O–H groups in total. The number of quaternary nitrogens is 1. The van der Waals surface area contributed by atoms with Gasteiger partial charge in [0.2, 0.25) is 0 Å². The van der Waals surface area contributed by atoms with Gasteiger partial charge in [-0.2, -0.15) is 0 Å². The average Bonchev–Trinajstić information content (AvgIpc) is 3.08. The minimum atomic E-state index is -1.19. The maximum atomic E-state index is 11.3. The normalized spacial score (nSPS) is 14.6. The summed E-state index contributed by atoms with van der Waals surface area (Å²) in [5, 5.41) is 19.2. The third kappa shape index (κ3) is 3.50. The molecular weight excluding hydrogens is 332 g/mol. The van der Waals surface area contributed by atoms with Gasteiger partial charge in [0.1, 0.15) is 17.3 Å². The number of carboxylic acids is 1. The lowest BCUT2D eigenvalue weighted by Crippen LogP contribution is -2.82. The zero-order valence-corrected chi connectivity index (χ0v) is 14.9. The molecule has 0 spiro atoms. The largest absolute Gasteiger partial charge is 0.477 e. The fourth-order valence-corrected chi connectivity index (χ4v) is 3.16. The van der Waals surface area contributed by atoms with Crippen LogP contribution in [0.15, 0.2) is 42.0 Å². The number of aliphatic carboxylic acids is 1. The number of pyridine rings is 1. The number of nitrogens with one attached hydrogen (secondary N) is 1. The molecule has 1 aliphatic rings. The van der Waals surface area contributed by atoms with Crippen LogP contribution in [0, 0.1) is 5.41 Å². The summed E-state index contributed by atoms with van der Waals surface area (Å²) in [7, 11) is 1.93. The van der Waals surface area contributed by atoms with E-state index in [9.17, 15) is 9.90 Å². The van der Waals surface area contributed by atoms with Gasteiger partial charge in [-0.25, -0.2) is 14.8 Å². The van der Waals surface area contributed by atoms with Gasteiger partial charge in [0.05, 0.1) is 18.7 Å². The van der Waals surface area contributed by atoms with Gasteiger partial charge in [0.15, 0.2) is 5.71 Å². The summed E-state index contributed by atoms with van der Waals surface area (Å²) in [4.78, 5) is 22.1. The highest BCUT2D eigenvalue weighted by Gasteiger charge is 2.28. The number of hydrogen-bond acceptors (Lipinski definition) is 5. The van der Waals surface area contributed by atoms with Crippen molar-refractivity contribution >= 4 is 17.5 Å². The van der Waals surface area contributed by atoms with E-state index >= 15 is 0 Å². The lowest BCUT2D eigenvalue weighted by atomic mass is 10.0. The van der Waals surface area contributed by atoms with Gasteiger partial charge < -0.3 is 19.9 Å². The van der Waals surface area contributed by atoms with Crippen LogP contribution in [-0.4, -0.2) is 51.0 Å². The molecule has 0 saturated heterocycles. The second-order valence-corrected chi connectivity index (χ2v) is 6.23. The first kappa shape index (κ1) is 17.8. The number of aryl methyl sites for hydroxylation is 1. The monoisotopic (exact) mass is 355 g/mol. The van der Waals surface area contributed by atoms with Crippen LogP contribution in [0.25, 0.3) is 11.4 Å². The Bertz CT molecular complexity index is 853. The molecule has 0 fully saturated rings. The predicted octanol–water partition coefficient (Wildman–Crippen LogP) is 0.634. The predicted molar refractivity (Wildman–Crippen MR) is 98.1 cm³/mol. The van der Waals surface area contributed by atoms with Crippen LogP contribution in [-0.2, 0) is 11.8 Å². The van der Waals surface area contributed by atoms with Gasteiger partial charge in [-0.1, -0.05) is 0 Å². The highest BCUT2D eigenvalue weighted by Crippen LogP contribution is 2.23. The van der Waals surface area contributed by atoms with Crippen LogP contribution >= 0.6 is 0 Å². The molecule has 2 aromatic heterocycles. The van der Waals surface area contributed by atoms with E-state index in [0.29, 0.717) is 18.5 Å². The number of anilines is 1. The number of carbonyl (C=O) groups is 1. The van der Waals surface area contributed by atoms with Crippen molar-refractivity contribution in [2.24, 2.45) is 7.05 Å². The first-order valence-electron chi connectivity index (χ1n) is 8.57. The fourth-order valence-electron chi connectivity index (χ4n) is 3.16. The number of rotatable bonds is 6. The highest BCUT2D eigenvalue weighted by atomic mass is 16.4. The number of imidazole rings is 1. The molecule has 0 amide bonds. The van der Waals surface area contributed by atoms with Crippen LogP contribution < -0.4 is 10.2 Å². The first-order chi connectivity index (χ1) is 12.5. The highest BCUT2D eigenvalue weighted by molar-refractivity contribution is 6.41. The third-order valence-corrected chi connectivity index (χ3v) is 4.51. The number of nitrogens with zero attached hydrogens (tertiary/aromatic N) is 4. The summed E-state index contributed by atoms with van der Waals surface area (Å²) >= 11 is 0. The molecule has 8 heteroatoms. The minimum absolute atomic E-state index is 0.334. The smallest absolute Gasteiger partial charge is 0.354 e. The van der Waals surface area contributed by atoms with E-state index in [1.807, 2.05) is 47.1 Å². The maximum absolute atomic E-state index is 11.3. The Morgan fingerprint density at radius 1 is 1.38 bits per heavy atom. The van der Waals surface area contributed by atoms with Crippen LogP contribution in [0.1, 0.15) is 13.3 Å². The van der Waals surface area contributed by atoms with Crippen LogP contribution in [0.2, 0.25) is 0 Å². The number of aromatic nitrogens is 3. The van der Waals surface area contributed by atoms with E-state index < -0.39 is 5.97 Å². The molecule has 2 aromatic rings. The van der Waals surface area contributed by atoms with Crippen molar-refractivity contribution in [3.05, 3.63) is 42.0 Å². The molecular formula is C18H23N6O2+. The Kier molecular flexibility index (Phi) is 5.13. The molecule has 3 heterocycles.